The molecule has 2 aliphatic heterocycles. The van der Waals surface area contributed by atoms with Crippen LogP contribution in [-0.4, -0.2) is 74.8 Å². The first-order chi connectivity index (χ1) is 16.2. The number of likely N-dealkylation sites (tertiary alicyclic amines) is 1. The Morgan fingerprint density at radius 3 is 2.44 bits per heavy atom. The Kier molecular flexibility index (Phi) is 11.1. The van der Waals surface area contributed by atoms with Gasteiger partial charge in [-0.25, -0.2) is 0 Å². The van der Waals surface area contributed by atoms with Crippen molar-refractivity contribution in [2.45, 2.75) is 38.4 Å². The first-order valence-electron chi connectivity index (χ1n) is 12.3. The Bertz CT molecular complexity index is 880. The molecule has 0 spiro atoms. The van der Waals surface area contributed by atoms with Crippen LogP contribution in [0.4, 0.5) is 0 Å². The lowest BCUT2D eigenvalue weighted by molar-refractivity contribution is 0.0169. The number of hydrogen-bond acceptors (Lipinski definition) is 4. The van der Waals surface area contributed by atoms with Crippen LogP contribution in [0.25, 0.3) is 0 Å². The number of nitrogens with zero attached hydrogens (tertiary/aromatic N) is 3. The number of morpholine rings is 1. The lowest BCUT2D eigenvalue weighted by Crippen LogP contribution is -2.50. The number of aliphatic imine (C=N–C) groups is 1. The highest BCUT2D eigenvalue weighted by molar-refractivity contribution is 14.0. The van der Waals surface area contributed by atoms with E-state index in [2.05, 4.69) is 86.9 Å². The number of hydrogen-bond donors (Lipinski definition) is 2. The molecule has 2 heterocycles. The zero-order valence-corrected chi connectivity index (χ0v) is 22.9. The molecule has 0 bridgehead atoms. The Balaban J connectivity index is 0.00000324. The fraction of sp³-hybridized carbons (Fsp3) is 0.519. The summed E-state index contributed by atoms with van der Waals surface area (Å²) in [6, 6.07) is 20.4. The molecule has 2 N–H and O–H groups in total. The van der Waals surface area contributed by atoms with Gasteiger partial charge in [0, 0.05) is 52.4 Å². The van der Waals surface area contributed by atoms with Crippen LogP contribution < -0.4 is 10.6 Å². The van der Waals surface area contributed by atoms with Crippen LogP contribution in [0.5, 0.6) is 0 Å². The van der Waals surface area contributed by atoms with Crippen molar-refractivity contribution in [2.75, 3.05) is 53.0 Å². The molecule has 1 atom stereocenters. The molecule has 34 heavy (non-hydrogen) atoms. The summed E-state index contributed by atoms with van der Waals surface area (Å²) in [4.78, 5) is 9.61. The summed E-state index contributed by atoms with van der Waals surface area (Å²) in [7, 11) is 1.87. The summed E-state index contributed by atoms with van der Waals surface area (Å²) in [5.41, 5.74) is 4.05. The average Bonchev–Trinajstić information content (AvgIpc) is 2.86. The maximum atomic E-state index is 5.60. The number of benzene rings is 2. The number of nitrogens with one attached hydrogen (secondary N) is 2. The predicted molar refractivity (Wildman–Crippen MR) is 151 cm³/mol. The number of piperidine rings is 1. The molecule has 7 heteroatoms. The molecule has 0 radical (unpaired) electrons. The van der Waals surface area contributed by atoms with Crippen molar-refractivity contribution in [3.8, 4) is 0 Å². The highest BCUT2D eigenvalue weighted by atomic mass is 127. The fourth-order valence-corrected chi connectivity index (χ4v) is 4.88. The molecule has 1 unspecified atom stereocenters. The van der Waals surface area contributed by atoms with Gasteiger partial charge in [0.2, 0.25) is 0 Å². The minimum atomic E-state index is 0. The molecule has 186 valence electrons. The number of ether oxygens (including phenoxy) is 1. The van der Waals surface area contributed by atoms with E-state index in [1.54, 1.807) is 0 Å². The second-order valence-corrected chi connectivity index (χ2v) is 9.21. The van der Waals surface area contributed by atoms with E-state index in [9.17, 15) is 0 Å². The van der Waals surface area contributed by atoms with Crippen LogP contribution >= 0.6 is 24.0 Å². The van der Waals surface area contributed by atoms with E-state index in [0.717, 1.165) is 71.3 Å². The molecule has 2 saturated heterocycles. The van der Waals surface area contributed by atoms with E-state index in [-0.39, 0.29) is 24.0 Å². The number of rotatable bonds is 7. The standard InChI is InChI=1S/C27H39N5O.HI/c1-22-7-6-10-24(19-22)26(32-15-17-33-18-16-32)20-29-27(28-2)30-25-11-13-31(14-12-25)21-23-8-4-3-5-9-23;/h3-10,19,25-26H,11-18,20-21H2,1-2H3,(H2,28,29,30);1H. The molecule has 0 aromatic heterocycles. The van der Waals surface area contributed by atoms with Gasteiger partial charge in [-0.05, 0) is 30.9 Å². The van der Waals surface area contributed by atoms with Gasteiger partial charge < -0.3 is 15.4 Å². The third-order valence-corrected chi connectivity index (χ3v) is 6.78. The normalized spacial score (nSPS) is 19.3. The van der Waals surface area contributed by atoms with Crippen molar-refractivity contribution in [1.82, 2.24) is 20.4 Å². The third kappa shape index (κ3) is 7.93. The average molecular weight is 578 g/mol. The highest BCUT2D eigenvalue weighted by Gasteiger charge is 2.24. The number of aryl methyl sites for hydroxylation is 1. The van der Waals surface area contributed by atoms with Gasteiger partial charge in [0.15, 0.2) is 5.96 Å². The van der Waals surface area contributed by atoms with Crippen LogP contribution in [0, 0.1) is 6.92 Å². The SMILES string of the molecule is CN=C(NCC(c1cccc(C)c1)N1CCOCC1)NC1CCN(Cc2ccccc2)CC1.I. The maximum Gasteiger partial charge on any atom is 0.191 e. The first-order valence-corrected chi connectivity index (χ1v) is 12.3. The molecule has 2 aromatic rings. The van der Waals surface area contributed by atoms with Gasteiger partial charge in [0.1, 0.15) is 0 Å². The first kappa shape index (κ1) is 26.9. The summed E-state index contributed by atoms with van der Waals surface area (Å²) in [6.07, 6.45) is 2.27. The van der Waals surface area contributed by atoms with Crippen LogP contribution in [0.3, 0.4) is 0 Å². The van der Waals surface area contributed by atoms with Crippen LogP contribution in [0.15, 0.2) is 59.6 Å². The molecule has 4 rings (SSSR count). The largest absolute Gasteiger partial charge is 0.379 e. The fourth-order valence-electron chi connectivity index (χ4n) is 4.88. The van der Waals surface area contributed by atoms with E-state index in [0.29, 0.717) is 12.1 Å². The summed E-state index contributed by atoms with van der Waals surface area (Å²) in [6.45, 7) is 9.80. The molecular formula is C27H40IN5O. The quantitative estimate of drug-likeness (QED) is 0.298. The van der Waals surface area contributed by atoms with Crippen molar-refractivity contribution >= 4 is 29.9 Å². The molecule has 0 saturated carbocycles. The topological polar surface area (TPSA) is 52.1 Å². The summed E-state index contributed by atoms with van der Waals surface area (Å²) in [5.74, 6) is 0.905. The predicted octanol–water partition coefficient (Wildman–Crippen LogP) is 3.82. The summed E-state index contributed by atoms with van der Waals surface area (Å²) < 4.78 is 5.60. The Hall–Kier alpha value is -1.68. The lowest BCUT2D eigenvalue weighted by Gasteiger charge is -2.36. The maximum absolute atomic E-state index is 5.60. The molecule has 0 aliphatic carbocycles. The second kappa shape index (κ2) is 14.0. The Labute approximate surface area is 222 Å². The van der Waals surface area contributed by atoms with Gasteiger partial charge in [-0.1, -0.05) is 60.2 Å². The van der Waals surface area contributed by atoms with Crippen LogP contribution in [0.1, 0.15) is 35.6 Å². The number of guanidine groups is 1. The second-order valence-electron chi connectivity index (χ2n) is 9.21. The van der Waals surface area contributed by atoms with Crippen LogP contribution in [-0.2, 0) is 11.3 Å². The van der Waals surface area contributed by atoms with Crippen molar-refractivity contribution < 1.29 is 4.74 Å². The van der Waals surface area contributed by atoms with Gasteiger partial charge in [-0.2, -0.15) is 0 Å². The summed E-state index contributed by atoms with van der Waals surface area (Å²) in [5, 5.41) is 7.31. The van der Waals surface area contributed by atoms with Gasteiger partial charge in [0.25, 0.3) is 0 Å². The molecule has 0 amide bonds. The molecule has 6 nitrogen and oxygen atoms in total. The van der Waals surface area contributed by atoms with Gasteiger partial charge >= 0.3 is 0 Å². The van der Waals surface area contributed by atoms with Crippen LogP contribution in [0.2, 0.25) is 0 Å². The molecule has 2 aromatic carbocycles. The third-order valence-electron chi connectivity index (χ3n) is 6.78. The monoisotopic (exact) mass is 577 g/mol. The Morgan fingerprint density at radius 2 is 1.76 bits per heavy atom. The molecule has 2 fully saturated rings. The van der Waals surface area contributed by atoms with Crippen molar-refractivity contribution in [3.05, 3.63) is 71.3 Å². The van der Waals surface area contributed by atoms with E-state index in [4.69, 9.17) is 4.74 Å². The molecule has 2 aliphatic rings. The van der Waals surface area contributed by atoms with E-state index >= 15 is 0 Å². The highest BCUT2D eigenvalue weighted by Crippen LogP contribution is 2.22. The minimum Gasteiger partial charge on any atom is -0.379 e. The lowest BCUT2D eigenvalue weighted by atomic mass is 10.0. The van der Waals surface area contributed by atoms with Gasteiger partial charge in [0.05, 0.1) is 19.3 Å². The van der Waals surface area contributed by atoms with Gasteiger partial charge in [-0.3, -0.25) is 14.8 Å². The summed E-state index contributed by atoms with van der Waals surface area (Å²) >= 11 is 0. The van der Waals surface area contributed by atoms with Crippen molar-refractivity contribution in [1.29, 1.82) is 0 Å². The number of halogens is 1. The zero-order chi connectivity index (χ0) is 22.9. The van der Waals surface area contributed by atoms with Gasteiger partial charge in [-0.15, -0.1) is 24.0 Å². The Morgan fingerprint density at radius 1 is 1.03 bits per heavy atom. The smallest absolute Gasteiger partial charge is 0.191 e. The van der Waals surface area contributed by atoms with Crippen molar-refractivity contribution in [2.24, 2.45) is 4.99 Å². The molecular weight excluding hydrogens is 537 g/mol. The van der Waals surface area contributed by atoms with Crippen molar-refractivity contribution in [3.63, 3.8) is 0 Å². The van der Waals surface area contributed by atoms with E-state index < -0.39 is 0 Å². The van der Waals surface area contributed by atoms with E-state index in [1.807, 2.05) is 7.05 Å². The van der Waals surface area contributed by atoms with E-state index in [1.165, 1.54) is 16.7 Å². The minimum absolute atomic E-state index is 0. The zero-order valence-electron chi connectivity index (χ0n) is 20.6.